The molecule has 2 heterocycles. The molecule has 2 aromatic heterocycles. The number of nitrogens with one attached hydrogen (secondary N) is 1. The highest BCUT2D eigenvalue weighted by atomic mass is 19.1. The summed E-state index contributed by atoms with van der Waals surface area (Å²) >= 11 is 0. The van der Waals surface area contributed by atoms with Crippen molar-refractivity contribution in [2.75, 3.05) is 12.0 Å². The molecule has 0 radical (unpaired) electrons. The van der Waals surface area contributed by atoms with Gasteiger partial charge in [0.05, 0.1) is 30.3 Å². The summed E-state index contributed by atoms with van der Waals surface area (Å²) in [5, 5.41) is 11.6. The Labute approximate surface area is 106 Å². The van der Waals surface area contributed by atoms with Gasteiger partial charge in [0.2, 0.25) is 0 Å². The van der Waals surface area contributed by atoms with Crippen molar-refractivity contribution in [1.82, 2.24) is 19.6 Å². The third-order valence-electron chi connectivity index (χ3n) is 3.21. The molecule has 2 aromatic rings. The summed E-state index contributed by atoms with van der Waals surface area (Å²) in [6, 6.07) is 0. The molecule has 2 rings (SSSR count). The van der Waals surface area contributed by atoms with Crippen LogP contribution in [0.15, 0.2) is 12.4 Å². The van der Waals surface area contributed by atoms with Gasteiger partial charge in [-0.25, -0.2) is 4.39 Å². The van der Waals surface area contributed by atoms with Crippen LogP contribution in [0.5, 0.6) is 0 Å². The second kappa shape index (κ2) is 5.20. The molecule has 18 heavy (non-hydrogen) atoms. The van der Waals surface area contributed by atoms with E-state index in [-0.39, 0.29) is 0 Å². The normalized spacial score (nSPS) is 10.9. The van der Waals surface area contributed by atoms with Crippen molar-refractivity contribution in [1.29, 1.82) is 0 Å². The molecule has 0 amide bonds. The van der Waals surface area contributed by atoms with Gasteiger partial charge in [-0.3, -0.25) is 9.36 Å². The quantitative estimate of drug-likeness (QED) is 0.881. The third kappa shape index (κ3) is 2.37. The maximum atomic E-state index is 12.3. The molecule has 0 unspecified atom stereocenters. The largest absolute Gasteiger partial charge is 0.378 e. The molecule has 0 aliphatic heterocycles. The van der Waals surface area contributed by atoms with E-state index in [1.54, 1.807) is 10.9 Å². The SMILES string of the molecule is Cc1c(CNc2cnn(CCF)c2C)cnn1C. The number of nitrogens with zero attached hydrogens (tertiary/aromatic N) is 4. The van der Waals surface area contributed by atoms with Crippen molar-refractivity contribution in [3.8, 4) is 0 Å². The first kappa shape index (κ1) is 12.6. The molecule has 0 aliphatic carbocycles. The number of aryl methyl sites for hydroxylation is 2. The maximum absolute atomic E-state index is 12.3. The van der Waals surface area contributed by atoms with E-state index in [1.165, 1.54) is 0 Å². The predicted molar refractivity (Wildman–Crippen MR) is 68.2 cm³/mol. The molecule has 0 fully saturated rings. The van der Waals surface area contributed by atoms with Gasteiger partial charge in [0.25, 0.3) is 0 Å². The smallest absolute Gasteiger partial charge is 0.109 e. The lowest BCUT2D eigenvalue weighted by atomic mass is 10.2. The van der Waals surface area contributed by atoms with Gasteiger partial charge >= 0.3 is 0 Å². The summed E-state index contributed by atoms with van der Waals surface area (Å²) in [7, 11) is 1.92. The van der Waals surface area contributed by atoms with Crippen LogP contribution in [-0.4, -0.2) is 26.2 Å². The van der Waals surface area contributed by atoms with Crippen LogP contribution in [-0.2, 0) is 20.1 Å². The molecule has 0 aromatic carbocycles. The lowest BCUT2D eigenvalue weighted by Gasteiger charge is -2.06. The van der Waals surface area contributed by atoms with Gasteiger partial charge in [0.1, 0.15) is 6.67 Å². The molecule has 6 heteroatoms. The molecule has 5 nitrogen and oxygen atoms in total. The van der Waals surface area contributed by atoms with Gasteiger partial charge in [-0.1, -0.05) is 0 Å². The Bertz CT molecular complexity index is 529. The fourth-order valence-electron chi connectivity index (χ4n) is 1.83. The fraction of sp³-hybridized carbons (Fsp3) is 0.500. The Balaban J connectivity index is 2.04. The van der Waals surface area contributed by atoms with E-state index in [0.29, 0.717) is 13.1 Å². The van der Waals surface area contributed by atoms with Crippen LogP contribution in [0.4, 0.5) is 10.1 Å². The Hall–Kier alpha value is -1.85. The summed E-state index contributed by atoms with van der Waals surface area (Å²) in [5.74, 6) is 0. The first-order valence-corrected chi connectivity index (χ1v) is 5.93. The van der Waals surface area contributed by atoms with Gasteiger partial charge in [-0.05, 0) is 13.8 Å². The minimum Gasteiger partial charge on any atom is -0.378 e. The highest BCUT2D eigenvalue weighted by molar-refractivity contribution is 5.46. The van der Waals surface area contributed by atoms with Crippen LogP contribution in [0, 0.1) is 13.8 Å². The first-order valence-electron chi connectivity index (χ1n) is 5.93. The topological polar surface area (TPSA) is 47.7 Å². The molecule has 0 aliphatic rings. The zero-order valence-electron chi connectivity index (χ0n) is 10.9. The van der Waals surface area contributed by atoms with E-state index in [2.05, 4.69) is 15.5 Å². The van der Waals surface area contributed by atoms with Crippen molar-refractivity contribution in [2.45, 2.75) is 26.9 Å². The number of aromatic nitrogens is 4. The van der Waals surface area contributed by atoms with Crippen LogP contribution in [0.1, 0.15) is 17.0 Å². The number of halogens is 1. The molecule has 0 saturated heterocycles. The van der Waals surface area contributed by atoms with Crippen molar-refractivity contribution in [3.05, 3.63) is 29.3 Å². The highest BCUT2D eigenvalue weighted by Crippen LogP contribution is 2.15. The lowest BCUT2D eigenvalue weighted by Crippen LogP contribution is -2.05. The summed E-state index contributed by atoms with van der Waals surface area (Å²) < 4.78 is 15.8. The molecular formula is C12H18FN5. The van der Waals surface area contributed by atoms with Gasteiger partial charge < -0.3 is 5.32 Å². The van der Waals surface area contributed by atoms with Crippen LogP contribution in [0.25, 0.3) is 0 Å². The zero-order chi connectivity index (χ0) is 13.1. The van der Waals surface area contributed by atoms with E-state index in [0.717, 1.165) is 22.6 Å². The van der Waals surface area contributed by atoms with E-state index < -0.39 is 6.67 Å². The standard InChI is InChI=1S/C12H18FN5/c1-9-11(7-15-17(9)3)6-14-12-8-16-18(5-4-13)10(12)2/h7-8,14H,4-6H2,1-3H3. The fourth-order valence-corrected chi connectivity index (χ4v) is 1.83. The van der Waals surface area contributed by atoms with E-state index in [9.17, 15) is 4.39 Å². The summed E-state index contributed by atoms with van der Waals surface area (Å²) in [6.07, 6.45) is 3.58. The van der Waals surface area contributed by atoms with Crippen molar-refractivity contribution in [3.63, 3.8) is 0 Å². The summed E-state index contributed by atoms with van der Waals surface area (Å²) in [4.78, 5) is 0. The summed E-state index contributed by atoms with van der Waals surface area (Å²) in [6.45, 7) is 4.56. The Kier molecular flexibility index (Phi) is 3.64. The van der Waals surface area contributed by atoms with E-state index in [4.69, 9.17) is 0 Å². The van der Waals surface area contributed by atoms with Crippen molar-refractivity contribution < 1.29 is 4.39 Å². The molecule has 0 saturated carbocycles. The average molecular weight is 251 g/mol. The minimum absolute atomic E-state index is 0.305. The average Bonchev–Trinajstić information content (AvgIpc) is 2.85. The van der Waals surface area contributed by atoms with Gasteiger partial charge in [0, 0.05) is 24.8 Å². The Morgan fingerprint density at radius 3 is 2.61 bits per heavy atom. The van der Waals surface area contributed by atoms with Crippen molar-refractivity contribution in [2.24, 2.45) is 7.05 Å². The van der Waals surface area contributed by atoms with Crippen LogP contribution >= 0.6 is 0 Å². The highest BCUT2D eigenvalue weighted by Gasteiger charge is 2.08. The molecule has 0 bridgehead atoms. The number of hydrogen-bond acceptors (Lipinski definition) is 3. The monoisotopic (exact) mass is 251 g/mol. The van der Waals surface area contributed by atoms with Crippen LogP contribution in [0.3, 0.4) is 0 Å². The Morgan fingerprint density at radius 1 is 1.22 bits per heavy atom. The lowest BCUT2D eigenvalue weighted by molar-refractivity contribution is 0.423. The van der Waals surface area contributed by atoms with Gasteiger partial charge in [0.15, 0.2) is 0 Å². The summed E-state index contributed by atoms with van der Waals surface area (Å²) in [5.41, 5.74) is 4.17. The molecule has 98 valence electrons. The third-order valence-corrected chi connectivity index (χ3v) is 3.21. The van der Waals surface area contributed by atoms with Crippen LogP contribution in [0.2, 0.25) is 0 Å². The molecule has 0 atom stereocenters. The minimum atomic E-state index is -0.399. The van der Waals surface area contributed by atoms with Crippen LogP contribution < -0.4 is 5.32 Å². The van der Waals surface area contributed by atoms with E-state index >= 15 is 0 Å². The second-order valence-electron chi connectivity index (χ2n) is 4.29. The number of anilines is 1. The van der Waals surface area contributed by atoms with Gasteiger partial charge in [-0.15, -0.1) is 0 Å². The van der Waals surface area contributed by atoms with Crippen molar-refractivity contribution >= 4 is 5.69 Å². The number of rotatable bonds is 5. The second-order valence-corrected chi connectivity index (χ2v) is 4.29. The maximum Gasteiger partial charge on any atom is 0.109 e. The zero-order valence-corrected chi connectivity index (χ0v) is 10.9. The first-order chi connectivity index (χ1) is 8.63. The number of hydrogen-bond donors (Lipinski definition) is 1. The number of alkyl halides is 1. The molecule has 0 spiro atoms. The van der Waals surface area contributed by atoms with Gasteiger partial charge in [-0.2, -0.15) is 10.2 Å². The Morgan fingerprint density at radius 2 is 2.00 bits per heavy atom. The molecular weight excluding hydrogens is 233 g/mol. The predicted octanol–water partition coefficient (Wildman–Crippen LogP) is 1.82. The van der Waals surface area contributed by atoms with E-state index in [1.807, 2.05) is 31.8 Å². The molecule has 1 N–H and O–H groups in total.